The van der Waals surface area contributed by atoms with E-state index in [9.17, 15) is 4.79 Å². The number of pyridine rings is 1. The molecule has 2 aromatic heterocycles. The second kappa shape index (κ2) is 6.30. The Labute approximate surface area is 128 Å². The van der Waals surface area contributed by atoms with Crippen LogP contribution in [0.3, 0.4) is 0 Å². The Morgan fingerprint density at radius 2 is 2.18 bits per heavy atom. The molecule has 5 heteroatoms. The lowest BCUT2D eigenvalue weighted by atomic mass is 10.2. The predicted octanol–water partition coefficient (Wildman–Crippen LogP) is 2.34. The van der Waals surface area contributed by atoms with Gasteiger partial charge in [0.2, 0.25) is 0 Å². The number of rotatable bonds is 5. The van der Waals surface area contributed by atoms with Crippen molar-refractivity contribution in [1.29, 1.82) is 0 Å². The van der Waals surface area contributed by atoms with Crippen molar-refractivity contribution in [1.82, 2.24) is 14.9 Å². The van der Waals surface area contributed by atoms with Crippen molar-refractivity contribution in [3.63, 3.8) is 0 Å². The Kier molecular flexibility index (Phi) is 4.05. The first-order chi connectivity index (χ1) is 10.7. The topological polar surface area (TPSA) is 55.6 Å². The Morgan fingerprint density at radius 3 is 3.05 bits per heavy atom. The van der Waals surface area contributed by atoms with E-state index in [2.05, 4.69) is 10.4 Å². The fourth-order valence-corrected chi connectivity index (χ4v) is 2.22. The first kappa shape index (κ1) is 14.1. The molecule has 1 amide bonds. The molecule has 0 bridgehead atoms. The Balaban J connectivity index is 1.54. The standard InChI is InChI=1S/C17H17N3O2/c1-13-5-4-6-15(9-13)22-12-17(21)18-10-14-11-19-20-8-3-2-7-16(14)20/h2-9,11H,10,12H2,1H3,(H,18,21). The lowest BCUT2D eigenvalue weighted by molar-refractivity contribution is -0.123. The molecule has 1 aromatic carbocycles. The highest BCUT2D eigenvalue weighted by Gasteiger charge is 2.06. The Bertz CT molecular complexity index is 795. The van der Waals surface area contributed by atoms with Gasteiger partial charge in [0.25, 0.3) is 5.91 Å². The van der Waals surface area contributed by atoms with Crippen LogP contribution in [0.15, 0.2) is 54.9 Å². The number of carbonyl (C=O) groups is 1. The van der Waals surface area contributed by atoms with Gasteiger partial charge in [0.15, 0.2) is 6.61 Å². The van der Waals surface area contributed by atoms with Gasteiger partial charge in [-0.3, -0.25) is 4.79 Å². The van der Waals surface area contributed by atoms with Crippen LogP contribution in [0.4, 0.5) is 0 Å². The van der Waals surface area contributed by atoms with Crippen molar-refractivity contribution in [2.45, 2.75) is 13.5 Å². The normalized spacial score (nSPS) is 10.6. The van der Waals surface area contributed by atoms with Crippen molar-refractivity contribution < 1.29 is 9.53 Å². The van der Waals surface area contributed by atoms with Gasteiger partial charge in [-0.2, -0.15) is 5.10 Å². The monoisotopic (exact) mass is 295 g/mol. The number of aryl methyl sites for hydroxylation is 1. The molecule has 0 spiro atoms. The second-order valence-electron chi connectivity index (χ2n) is 5.08. The highest BCUT2D eigenvalue weighted by atomic mass is 16.5. The zero-order valence-electron chi connectivity index (χ0n) is 12.3. The minimum atomic E-state index is -0.156. The van der Waals surface area contributed by atoms with Crippen LogP contribution in [0.25, 0.3) is 5.52 Å². The zero-order chi connectivity index (χ0) is 15.4. The lowest BCUT2D eigenvalue weighted by Gasteiger charge is -2.07. The molecule has 2 heterocycles. The number of amides is 1. The van der Waals surface area contributed by atoms with Gasteiger partial charge in [-0.1, -0.05) is 18.2 Å². The van der Waals surface area contributed by atoms with Gasteiger partial charge in [-0.25, -0.2) is 4.52 Å². The van der Waals surface area contributed by atoms with E-state index in [4.69, 9.17) is 4.74 Å². The van der Waals surface area contributed by atoms with Crippen molar-refractivity contribution >= 4 is 11.4 Å². The van der Waals surface area contributed by atoms with Crippen molar-refractivity contribution in [3.8, 4) is 5.75 Å². The number of nitrogens with one attached hydrogen (secondary N) is 1. The second-order valence-corrected chi connectivity index (χ2v) is 5.08. The van der Waals surface area contributed by atoms with Crippen LogP contribution in [0.1, 0.15) is 11.1 Å². The number of aromatic nitrogens is 2. The average molecular weight is 295 g/mol. The van der Waals surface area contributed by atoms with Gasteiger partial charge in [-0.15, -0.1) is 0 Å². The van der Waals surface area contributed by atoms with E-state index in [1.807, 2.05) is 55.6 Å². The number of hydrogen-bond donors (Lipinski definition) is 1. The predicted molar refractivity (Wildman–Crippen MR) is 83.7 cm³/mol. The van der Waals surface area contributed by atoms with E-state index >= 15 is 0 Å². The van der Waals surface area contributed by atoms with Crippen molar-refractivity contribution in [3.05, 3.63) is 66.0 Å². The minimum Gasteiger partial charge on any atom is -0.484 e. The van der Waals surface area contributed by atoms with Crippen molar-refractivity contribution in [2.75, 3.05) is 6.61 Å². The molecule has 0 aliphatic heterocycles. The summed E-state index contributed by atoms with van der Waals surface area (Å²) < 4.78 is 7.26. The third-order valence-electron chi connectivity index (χ3n) is 3.34. The molecule has 0 saturated heterocycles. The first-order valence-electron chi connectivity index (χ1n) is 7.10. The minimum absolute atomic E-state index is 0.00264. The summed E-state index contributed by atoms with van der Waals surface area (Å²) >= 11 is 0. The highest BCUT2D eigenvalue weighted by molar-refractivity contribution is 5.77. The molecule has 0 unspecified atom stereocenters. The summed E-state index contributed by atoms with van der Waals surface area (Å²) in [6.07, 6.45) is 3.64. The van der Waals surface area contributed by atoms with E-state index in [0.29, 0.717) is 12.3 Å². The zero-order valence-corrected chi connectivity index (χ0v) is 12.3. The molecule has 0 atom stereocenters. The van der Waals surface area contributed by atoms with Gasteiger partial charge >= 0.3 is 0 Å². The SMILES string of the molecule is Cc1cccc(OCC(=O)NCc2cnn3ccccc23)c1. The third kappa shape index (κ3) is 3.25. The first-order valence-corrected chi connectivity index (χ1v) is 7.10. The van der Waals surface area contributed by atoms with Gasteiger partial charge in [0.1, 0.15) is 5.75 Å². The molecule has 3 aromatic rings. The van der Waals surface area contributed by atoms with E-state index in [-0.39, 0.29) is 12.5 Å². The maximum absolute atomic E-state index is 11.9. The van der Waals surface area contributed by atoms with Crippen LogP contribution in [0.2, 0.25) is 0 Å². The van der Waals surface area contributed by atoms with Crippen LogP contribution in [-0.2, 0) is 11.3 Å². The van der Waals surface area contributed by atoms with Crippen LogP contribution in [0, 0.1) is 6.92 Å². The number of hydrogen-bond acceptors (Lipinski definition) is 3. The largest absolute Gasteiger partial charge is 0.484 e. The molecular formula is C17H17N3O2. The summed E-state index contributed by atoms with van der Waals surface area (Å²) in [7, 11) is 0. The summed E-state index contributed by atoms with van der Waals surface area (Å²) in [4.78, 5) is 11.9. The van der Waals surface area contributed by atoms with E-state index in [0.717, 1.165) is 16.6 Å². The maximum Gasteiger partial charge on any atom is 0.258 e. The van der Waals surface area contributed by atoms with Crippen LogP contribution in [0.5, 0.6) is 5.75 Å². The summed E-state index contributed by atoms with van der Waals surface area (Å²) in [5, 5.41) is 7.08. The van der Waals surface area contributed by atoms with E-state index < -0.39 is 0 Å². The molecule has 0 saturated carbocycles. The summed E-state index contributed by atoms with van der Waals surface area (Å²) in [6.45, 7) is 2.42. The van der Waals surface area contributed by atoms with Gasteiger partial charge in [0.05, 0.1) is 11.7 Å². The highest BCUT2D eigenvalue weighted by Crippen LogP contribution is 2.12. The fourth-order valence-electron chi connectivity index (χ4n) is 2.22. The summed E-state index contributed by atoms with van der Waals surface area (Å²) in [5.41, 5.74) is 3.07. The lowest BCUT2D eigenvalue weighted by Crippen LogP contribution is -2.28. The summed E-state index contributed by atoms with van der Waals surface area (Å²) in [6, 6.07) is 13.5. The van der Waals surface area contributed by atoms with E-state index in [1.54, 1.807) is 10.7 Å². The molecule has 0 aliphatic rings. The van der Waals surface area contributed by atoms with E-state index in [1.165, 1.54) is 0 Å². The maximum atomic E-state index is 11.9. The number of nitrogens with zero attached hydrogens (tertiary/aromatic N) is 2. The Morgan fingerprint density at radius 1 is 1.27 bits per heavy atom. The molecule has 22 heavy (non-hydrogen) atoms. The average Bonchev–Trinajstić information content (AvgIpc) is 2.94. The number of carbonyl (C=O) groups excluding carboxylic acids is 1. The number of fused-ring (bicyclic) bond motifs is 1. The summed E-state index contributed by atoms with van der Waals surface area (Å²) in [5.74, 6) is 0.544. The fraction of sp³-hybridized carbons (Fsp3) is 0.176. The van der Waals surface area contributed by atoms with Crippen LogP contribution < -0.4 is 10.1 Å². The van der Waals surface area contributed by atoms with Crippen LogP contribution in [-0.4, -0.2) is 22.1 Å². The molecule has 0 aliphatic carbocycles. The Hall–Kier alpha value is -2.82. The molecule has 3 rings (SSSR count). The van der Waals surface area contributed by atoms with Crippen molar-refractivity contribution in [2.24, 2.45) is 0 Å². The molecular weight excluding hydrogens is 278 g/mol. The molecule has 0 radical (unpaired) electrons. The quantitative estimate of drug-likeness (QED) is 0.786. The number of ether oxygens (including phenoxy) is 1. The van der Waals surface area contributed by atoms with Gasteiger partial charge < -0.3 is 10.1 Å². The molecule has 0 fully saturated rings. The smallest absolute Gasteiger partial charge is 0.258 e. The third-order valence-corrected chi connectivity index (χ3v) is 3.34. The molecule has 5 nitrogen and oxygen atoms in total. The number of benzene rings is 1. The molecule has 1 N–H and O–H groups in total. The molecule has 112 valence electrons. The van der Waals surface area contributed by atoms with Gasteiger partial charge in [0, 0.05) is 18.3 Å². The van der Waals surface area contributed by atoms with Crippen LogP contribution >= 0.6 is 0 Å². The van der Waals surface area contributed by atoms with Gasteiger partial charge in [-0.05, 0) is 36.8 Å².